The highest BCUT2D eigenvalue weighted by atomic mass is 16.5. The fourth-order valence-electron chi connectivity index (χ4n) is 3.45. The van der Waals surface area contributed by atoms with Crippen molar-refractivity contribution < 1.29 is 9.53 Å². The Bertz CT molecular complexity index is 724. The highest BCUT2D eigenvalue weighted by Crippen LogP contribution is 2.25. The zero-order valence-corrected chi connectivity index (χ0v) is 13.0. The van der Waals surface area contributed by atoms with Crippen LogP contribution < -0.4 is 10.6 Å². The van der Waals surface area contributed by atoms with E-state index >= 15 is 0 Å². The van der Waals surface area contributed by atoms with Crippen molar-refractivity contribution in [3.63, 3.8) is 0 Å². The van der Waals surface area contributed by atoms with Crippen LogP contribution in [0.15, 0.2) is 12.4 Å². The zero-order chi connectivity index (χ0) is 15.8. The largest absolute Gasteiger partial charge is 0.376 e. The minimum atomic E-state index is -0.0224. The number of aromatic nitrogens is 4. The van der Waals surface area contributed by atoms with Gasteiger partial charge in [0, 0.05) is 24.8 Å². The van der Waals surface area contributed by atoms with Gasteiger partial charge in [-0.2, -0.15) is 14.6 Å². The minimum Gasteiger partial charge on any atom is -0.376 e. The zero-order valence-electron chi connectivity index (χ0n) is 13.0. The maximum absolute atomic E-state index is 11.8. The van der Waals surface area contributed by atoms with Crippen LogP contribution in [0.25, 0.3) is 5.78 Å². The molecule has 2 N–H and O–H groups in total. The molecule has 2 aliphatic rings. The van der Waals surface area contributed by atoms with Crippen molar-refractivity contribution in [1.29, 1.82) is 0 Å². The lowest BCUT2D eigenvalue weighted by atomic mass is 9.92. The molecular weight excluding hydrogens is 296 g/mol. The number of ether oxygens (including phenoxy) is 1. The number of nitrogens with one attached hydrogen (secondary N) is 2. The summed E-state index contributed by atoms with van der Waals surface area (Å²) in [6, 6.07) is 2.03. The number of nitrogens with zero attached hydrogens (tertiary/aromatic N) is 4. The molecule has 0 spiro atoms. The van der Waals surface area contributed by atoms with E-state index in [1.807, 2.05) is 13.0 Å². The van der Waals surface area contributed by atoms with E-state index in [0.717, 1.165) is 37.4 Å². The number of hydrogen-bond donors (Lipinski definition) is 2. The fourth-order valence-corrected chi connectivity index (χ4v) is 3.45. The van der Waals surface area contributed by atoms with E-state index in [0.29, 0.717) is 12.2 Å². The molecule has 3 atom stereocenters. The predicted octanol–water partition coefficient (Wildman–Crippen LogP) is 0.671. The van der Waals surface area contributed by atoms with Crippen molar-refractivity contribution in [3.8, 4) is 0 Å². The first kappa shape index (κ1) is 14.4. The van der Waals surface area contributed by atoms with Crippen LogP contribution in [-0.4, -0.2) is 50.3 Å². The molecule has 8 heteroatoms. The number of amides is 1. The number of carbonyl (C=O) groups is 1. The van der Waals surface area contributed by atoms with Crippen LogP contribution in [0.3, 0.4) is 0 Å². The molecule has 1 unspecified atom stereocenters. The van der Waals surface area contributed by atoms with E-state index in [1.54, 1.807) is 4.52 Å². The Hall–Kier alpha value is -2.22. The molecule has 0 aliphatic carbocycles. The van der Waals surface area contributed by atoms with E-state index in [4.69, 9.17) is 4.74 Å². The number of rotatable bonds is 3. The van der Waals surface area contributed by atoms with Gasteiger partial charge in [0.15, 0.2) is 0 Å². The van der Waals surface area contributed by atoms with Gasteiger partial charge in [-0.3, -0.25) is 4.79 Å². The fraction of sp³-hybridized carbons (Fsp3) is 0.600. The second kappa shape index (κ2) is 5.77. The van der Waals surface area contributed by atoms with E-state index < -0.39 is 0 Å². The Labute approximate surface area is 133 Å². The third-order valence-corrected chi connectivity index (χ3v) is 4.52. The third-order valence-electron chi connectivity index (χ3n) is 4.52. The summed E-state index contributed by atoms with van der Waals surface area (Å²) in [6.45, 7) is 2.70. The van der Waals surface area contributed by atoms with E-state index in [1.165, 1.54) is 6.33 Å². The smallest absolute Gasteiger partial charge is 0.254 e. The van der Waals surface area contributed by atoms with Gasteiger partial charge >= 0.3 is 0 Å². The number of carbonyl (C=O) groups excluding carboxylic acids is 1. The standard InChI is InChI=1S/C15H20N6O2/c1-9-7-12(21-15(18-9)16-8-17-21)19-10-4-5-13(22)20-14(10)11-3-2-6-23-11/h7-8,10-11,14,19H,2-6H2,1H3,(H,20,22)/t10-,11?,14-/m1/s1. The summed E-state index contributed by atoms with van der Waals surface area (Å²) in [4.78, 5) is 20.3. The third kappa shape index (κ3) is 2.74. The predicted molar refractivity (Wildman–Crippen MR) is 83.1 cm³/mol. The first-order valence-electron chi connectivity index (χ1n) is 8.05. The second-order valence-corrected chi connectivity index (χ2v) is 6.19. The van der Waals surface area contributed by atoms with Gasteiger partial charge in [-0.1, -0.05) is 0 Å². The average molecular weight is 316 g/mol. The number of aryl methyl sites for hydroxylation is 1. The van der Waals surface area contributed by atoms with E-state index in [9.17, 15) is 4.79 Å². The molecule has 0 aromatic carbocycles. The van der Waals surface area contributed by atoms with Crippen LogP contribution in [0.2, 0.25) is 0 Å². The van der Waals surface area contributed by atoms with Crippen molar-refractivity contribution in [3.05, 3.63) is 18.1 Å². The molecule has 1 amide bonds. The summed E-state index contributed by atoms with van der Waals surface area (Å²) < 4.78 is 7.49. The molecule has 2 aliphatic heterocycles. The molecule has 2 aromatic rings. The normalized spacial score (nSPS) is 28.0. The van der Waals surface area contributed by atoms with Gasteiger partial charge in [0.1, 0.15) is 12.1 Å². The van der Waals surface area contributed by atoms with Crippen LogP contribution in [-0.2, 0) is 9.53 Å². The minimum absolute atomic E-state index is 0.0224. The summed E-state index contributed by atoms with van der Waals surface area (Å²) in [6.07, 6.45) is 4.89. The van der Waals surface area contributed by atoms with Gasteiger partial charge in [-0.05, 0) is 26.2 Å². The lowest BCUT2D eigenvalue weighted by molar-refractivity contribution is -0.124. The summed E-state index contributed by atoms with van der Waals surface area (Å²) in [7, 11) is 0. The SMILES string of the molecule is Cc1cc(N[C@@H]2CCC(=O)N[C@H]2C2CCCO2)n2ncnc2n1. The summed E-state index contributed by atoms with van der Waals surface area (Å²) in [5.41, 5.74) is 0.876. The number of piperidine rings is 1. The van der Waals surface area contributed by atoms with Crippen LogP contribution in [0.4, 0.5) is 5.82 Å². The Kier molecular flexibility index (Phi) is 3.60. The molecule has 4 heterocycles. The van der Waals surface area contributed by atoms with Crippen LogP contribution >= 0.6 is 0 Å². The van der Waals surface area contributed by atoms with Gasteiger partial charge in [-0.15, -0.1) is 0 Å². The number of hydrogen-bond acceptors (Lipinski definition) is 6. The molecule has 0 bridgehead atoms. The maximum Gasteiger partial charge on any atom is 0.254 e. The number of anilines is 1. The van der Waals surface area contributed by atoms with Gasteiger partial charge in [0.05, 0.1) is 18.2 Å². The van der Waals surface area contributed by atoms with Crippen LogP contribution in [0.5, 0.6) is 0 Å². The number of fused-ring (bicyclic) bond motifs is 1. The quantitative estimate of drug-likeness (QED) is 0.864. The second-order valence-electron chi connectivity index (χ2n) is 6.19. The van der Waals surface area contributed by atoms with E-state index in [-0.39, 0.29) is 24.1 Å². The first-order chi connectivity index (χ1) is 11.2. The van der Waals surface area contributed by atoms with Gasteiger partial charge < -0.3 is 15.4 Å². The summed E-state index contributed by atoms with van der Waals surface area (Å²) in [5.74, 6) is 1.51. The molecule has 2 aromatic heterocycles. The summed E-state index contributed by atoms with van der Waals surface area (Å²) >= 11 is 0. The van der Waals surface area contributed by atoms with Gasteiger partial charge in [0.25, 0.3) is 5.78 Å². The monoisotopic (exact) mass is 316 g/mol. The van der Waals surface area contributed by atoms with Crippen molar-refractivity contribution in [2.75, 3.05) is 11.9 Å². The van der Waals surface area contributed by atoms with Crippen molar-refractivity contribution >= 4 is 17.5 Å². The van der Waals surface area contributed by atoms with Crippen molar-refractivity contribution in [1.82, 2.24) is 24.9 Å². The van der Waals surface area contributed by atoms with E-state index in [2.05, 4.69) is 25.7 Å². The lowest BCUT2D eigenvalue weighted by Crippen LogP contribution is -2.57. The topological polar surface area (TPSA) is 93.4 Å². The van der Waals surface area contributed by atoms with Crippen LogP contribution in [0, 0.1) is 6.92 Å². The Morgan fingerprint density at radius 3 is 3.17 bits per heavy atom. The molecule has 2 fully saturated rings. The highest BCUT2D eigenvalue weighted by molar-refractivity contribution is 5.77. The molecule has 4 rings (SSSR count). The van der Waals surface area contributed by atoms with Crippen LogP contribution in [0.1, 0.15) is 31.4 Å². The molecule has 23 heavy (non-hydrogen) atoms. The molecule has 0 saturated carbocycles. The van der Waals surface area contributed by atoms with Gasteiger partial charge in [0.2, 0.25) is 5.91 Å². The first-order valence-corrected chi connectivity index (χ1v) is 8.05. The molecule has 122 valence electrons. The maximum atomic E-state index is 11.8. The lowest BCUT2D eigenvalue weighted by Gasteiger charge is -2.36. The molecule has 2 saturated heterocycles. The van der Waals surface area contributed by atoms with Crippen molar-refractivity contribution in [2.45, 2.75) is 50.8 Å². The highest BCUT2D eigenvalue weighted by Gasteiger charge is 2.37. The molecule has 0 radical (unpaired) electrons. The molecular formula is C15H20N6O2. The van der Waals surface area contributed by atoms with Gasteiger partial charge in [-0.25, -0.2) is 4.98 Å². The summed E-state index contributed by atoms with van der Waals surface area (Å²) in [5, 5.41) is 10.8. The Balaban J connectivity index is 1.62. The average Bonchev–Trinajstić information content (AvgIpc) is 3.19. The molecule has 8 nitrogen and oxygen atoms in total. The van der Waals surface area contributed by atoms with Crippen molar-refractivity contribution in [2.24, 2.45) is 0 Å². The Morgan fingerprint density at radius 1 is 1.43 bits per heavy atom. The Morgan fingerprint density at radius 2 is 2.35 bits per heavy atom.